The zero-order valence-electron chi connectivity index (χ0n) is 55.3. The quantitative estimate of drug-likeness (QED) is 0.147. The Morgan fingerprint density at radius 3 is 1.18 bits per heavy atom. The van der Waals surface area contributed by atoms with Gasteiger partial charge in [-0.3, -0.25) is 0 Å². The van der Waals surface area contributed by atoms with Gasteiger partial charge < -0.3 is 14.2 Å². The van der Waals surface area contributed by atoms with E-state index in [0.717, 1.165) is 61.6 Å². The van der Waals surface area contributed by atoms with Gasteiger partial charge in [0.05, 0.1) is 16.6 Å². The van der Waals surface area contributed by atoms with Gasteiger partial charge in [0.1, 0.15) is 0 Å². The van der Waals surface area contributed by atoms with Gasteiger partial charge in [-0.25, -0.2) is 0 Å². The van der Waals surface area contributed by atoms with Crippen LogP contribution in [0.25, 0.3) is 115 Å². The van der Waals surface area contributed by atoms with Gasteiger partial charge in [0.25, 0.3) is 6.71 Å². The highest BCUT2D eigenvalue weighted by Gasteiger charge is 2.46. The second-order valence-electron chi connectivity index (χ2n) is 28.3. The van der Waals surface area contributed by atoms with Crippen molar-refractivity contribution < 1.29 is 0 Å². The summed E-state index contributed by atoms with van der Waals surface area (Å²) in [6, 6.07) is 129. The van der Waals surface area contributed by atoms with Gasteiger partial charge in [0.15, 0.2) is 0 Å². The molecule has 3 aliphatic rings. The summed E-state index contributed by atoms with van der Waals surface area (Å²) in [5.74, 6) is -0.0791. The summed E-state index contributed by atoms with van der Waals surface area (Å²) in [6.07, 6.45) is 0. The first-order valence-electron chi connectivity index (χ1n) is 34.8. The van der Waals surface area contributed by atoms with Crippen molar-refractivity contribution >= 4 is 117 Å². The van der Waals surface area contributed by atoms with Gasteiger partial charge in [0, 0.05) is 61.6 Å². The van der Waals surface area contributed by atoms with Crippen molar-refractivity contribution in [3.8, 4) is 55.6 Å². The highest BCUT2D eigenvalue weighted by atomic mass is 15.2. The van der Waals surface area contributed by atoms with E-state index in [1.807, 2.05) is 0 Å². The number of para-hydroxylation sites is 2. The zero-order valence-corrected chi connectivity index (χ0v) is 55.3. The minimum absolute atomic E-state index is 0.0791. The van der Waals surface area contributed by atoms with E-state index in [-0.39, 0.29) is 18.0 Å². The minimum Gasteiger partial charge on any atom is -0.311 e. The van der Waals surface area contributed by atoms with Crippen LogP contribution in [0.15, 0.2) is 340 Å². The zero-order chi connectivity index (χ0) is 65.6. The molecular weight excluding hydrogens is 1190 g/mol. The van der Waals surface area contributed by atoms with Crippen LogP contribution in [0.5, 0.6) is 0 Å². The van der Waals surface area contributed by atoms with E-state index in [4.69, 9.17) is 0 Å². The van der Waals surface area contributed by atoms with Crippen LogP contribution in [0.1, 0.15) is 48.9 Å². The molecule has 2 aliphatic heterocycles. The number of aromatic nitrogens is 1. The summed E-state index contributed by atoms with van der Waals surface area (Å²) in [7, 11) is 0. The molecule has 0 bridgehead atoms. The van der Waals surface area contributed by atoms with Gasteiger partial charge in [-0.1, -0.05) is 294 Å². The first-order chi connectivity index (χ1) is 48.8. The molecule has 20 rings (SSSR count). The Bertz CT molecular complexity index is 6060. The standard InChI is InChI=1S/C95H66BN3/c1-95(2,3)69-47-48-84-88(57-69)97(70-51-64(60-27-8-4-9-28-60)49-65(52-70)61-29-10-5-11-30-61)90-55-68(92-79-42-22-20-37-74(79)75-38-21-23-43-80(75)92)56-91-93(90)96(84)85-58-83-77-40-19-17-36-73(77)72-35-16-18-39-76(72)81-44-26-45-82-78-41-24-25-46-86(78)99(94(81)82)87(83)59-89(85)98(91)71-53-66(62-31-12-6-13-32-62)50-67(54-71)63-33-14-7-15-34-63/h4-59,92H,1-3H3. The minimum atomic E-state index is -0.235. The lowest BCUT2D eigenvalue weighted by atomic mass is 9.33. The Morgan fingerprint density at radius 1 is 0.283 bits per heavy atom. The highest BCUT2D eigenvalue weighted by molar-refractivity contribution is 7.00. The molecule has 3 nitrogen and oxygen atoms in total. The predicted octanol–water partition coefficient (Wildman–Crippen LogP) is 23.5. The Hall–Kier alpha value is -12.2. The van der Waals surface area contributed by atoms with Crippen LogP contribution in [-0.4, -0.2) is 11.1 Å². The van der Waals surface area contributed by atoms with E-state index in [9.17, 15) is 0 Å². The van der Waals surface area contributed by atoms with Crippen molar-refractivity contribution in [2.24, 2.45) is 0 Å². The molecule has 17 aromatic rings. The normalized spacial score (nSPS) is 13.1. The van der Waals surface area contributed by atoms with Crippen molar-refractivity contribution in [3.63, 3.8) is 0 Å². The Morgan fingerprint density at radius 2 is 0.687 bits per heavy atom. The molecule has 0 spiro atoms. The lowest BCUT2D eigenvalue weighted by Crippen LogP contribution is -2.61. The summed E-state index contributed by atoms with van der Waals surface area (Å²) >= 11 is 0. The topological polar surface area (TPSA) is 10.9 Å². The van der Waals surface area contributed by atoms with Crippen LogP contribution in [-0.2, 0) is 5.41 Å². The summed E-state index contributed by atoms with van der Waals surface area (Å²) < 4.78 is 2.63. The van der Waals surface area contributed by atoms with Crippen LogP contribution >= 0.6 is 0 Å². The molecule has 0 saturated carbocycles. The van der Waals surface area contributed by atoms with Gasteiger partial charge in [-0.15, -0.1) is 0 Å². The Balaban J connectivity index is 1.00. The smallest absolute Gasteiger partial charge is 0.252 e. The van der Waals surface area contributed by atoms with E-state index in [1.165, 1.54) is 126 Å². The molecule has 2 aromatic heterocycles. The molecule has 15 aromatic carbocycles. The highest BCUT2D eigenvalue weighted by Crippen LogP contribution is 2.54. The number of anilines is 6. The predicted molar refractivity (Wildman–Crippen MR) is 421 cm³/mol. The Kier molecular flexibility index (Phi) is 12.8. The van der Waals surface area contributed by atoms with Crippen molar-refractivity contribution in [2.45, 2.75) is 32.1 Å². The molecule has 99 heavy (non-hydrogen) atoms. The molecular formula is C95H66BN3. The second kappa shape index (κ2) is 22.2. The maximum atomic E-state index is 2.70. The molecule has 0 unspecified atom stereocenters. The molecule has 0 saturated heterocycles. The number of hydrogen-bond acceptors (Lipinski definition) is 2. The van der Waals surface area contributed by atoms with E-state index in [1.54, 1.807) is 0 Å². The van der Waals surface area contributed by atoms with Gasteiger partial charge in [-0.2, -0.15) is 0 Å². The third-order valence-corrected chi connectivity index (χ3v) is 21.7. The molecule has 0 N–H and O–H groups in total. The summed E-state index contributed by atoms with van der Waals surface area (Å²) in [6.45, 7) is 6.85. The maximum absolute atomic E-state index is 2.70. The van der Waals surface area contributed by atoms with E-state index >= 15 is 0 Å². The van der Waals surface area contributed by atoms with Gasteiger partial charge >= 0.3 is 0 Å². The van der Waals surface area contributed by atoms with E-state index < -0.39 is 0 Å². The molecule has 0 atom stereocenters. The SMILES string of the molecule is CC(C)(C)c1ccc2c(c1)N(c1cc(-c3ccccc3)cc(-c3ccccc3)c1)c1cc(C3c4ccccc4-c4ccccc43)cc3c1B2c1cc2c4ccccc4c4ccccc4c4cccc5c6ccccc6n(c2cc1N3c1cc(-c2ccccc2)cc(-c2ccccc2)c1)c45. The van der Waals surface area contributed by atoms with Crippen molar-refractivity contribution in [2.75, 3.05) is 9.80 Å². The summed E-state index contributed by atoms with van der Waals surface area (Å²) in [4.78, 5) is 5.38. The van der Waals surface area contributed by atoms with E-state index in [2.05, 4.69) is 375 Å². The number of hydrogen-bond donors (Lipinski definition) is 0. The average Bonchev–Trinajstić information content (AvgIpc) is 1.61. The fourth-order valence-corrected chi connectivity index (χ4v) is 17.2. The monoisotopic (exact) mass is 1260 g/mol. The molecule has 464 valence electrons. The summed E-state index contributed by atoms with van der Waals surface area (Å²) in [5, 5.41) is 9.67. The molecule has 0 radical (unpaired) electrons. The van der Waals surface area contributed by atoms with Crippen molar-refractivity contribution in [3.05, 3.63) is 362 Å². The number of benzene rings is 15. The molecule has 0 fully saturated rings. The lowest BCUT2D eigenvalue weighted by Gasteiger charge is -2.45. The molecule has 1 aliphatic carbocycles. The first-order valence-corrected chi connectivity index (χ1v) is 34.8. The summed E-state index contributed by atoms with van der Waals surface area (Å²) in [5.41, 5.74) is 30.9. The maximum Gasteiger partial charge on any atom is 0.252 e. The number of nitrogens with zero attached hydrogens (tertiary/aromatic N) is 3. The molecule has 4 heteroatoms. The molecule has 0 amide bonds. The van der Waals surface area contributed by atoms with E-state index in [0.29, 0.717) is 0 Å². The van der Waals surface area contributed by atoms with Gasteiger partial charge in [-0.05, 0) is 188 Å². The van der Waals surface area contributed by atoms with Crippen LogP contribution in [0.4, 0.5) is 34.1 Å². The second-order valence-corrected chi connectivity index (χ2v) is 28.3. The fraction of sp³-hybridized carbons (Fsp3) is 0.0526. The van der Waals surface area contributed by atoms with Crippen LogP contribution in [0.2, 0.25) is 0 Å². The Labute approximate surface area is 577 Å². The van der Waals surface area contributed by atoms with Crippen molar-refractivity contribution in [1.82, 2.24) is 4.40 Å². The largest absolute Gasteiger partial charge is 0.311 e. The number of rotatable bonds is 7. The van der Waals surface area contributed by atoms with Gasteiger partial charge in [0.2, 0.25) is 0 Å². The number of fused-ring (bicyclic) bond motifs is 17. The van der Waals surface area contributed by atoms with Crippen LogP contribution in [0, 0.1) is 0 Å². The molecule has 4 heterocycles. The lowest BCUT2D eigenvalue weighted by molar-refractivity contribution is 0.590. The average molecular weight is 1260 g/mol. The van der Waals surface area contributed by atoms with Crippen LogP contribution < -0.4 is 26.2 Å². The fourth-order valence-electron chi connectivity index (χ4n) is 17.2. The van der Waals surface area contributed by atoms with Crippen LogP contribution in [0.3, 0.4) is 0 Å². The third-order valence-electron chi connectivity index (χ3n) is 21.7. The van der Waals surface area contributed by atoms with Crippen molar-refractivity contribution in [1.29, 1.82) is 0 Å². The first kappa shape index (κ1) is 57.1. The third kappa shape index (κ3) is 8.92.